The number of carbonyl (C=O) groups excluding carboxylic acids is 2. The lowest BCUT2D eigenvalue weighted by Gasteiger charge is -2.25. The zero-order chi connectivity index (χ0) is 19.5. The summed E-state index contributed by atoms with van der Waals surface area (Å²) in [4.78, 5) is 26.6. The Bertz CT molecular complexity index is 612. The van der Waals surface area contributed by atoms with Gasteiger partial charge in [-0.15, -0.1) is 0 Å². The first-order chi connectivity index (χ1) is 13.1. The second-order valence-corrected chi connectivity index (χ2v) is 7.42. The molecule has 0 aromatic heterocycles. The third kappa shape index (κ3) is 8.10. The number of nitrogens with one attached hydrogen (secondary N) is 2. The van der Waals surface area contributed by atoms with Gasteiger partial charge in [-0.1, -0.05) is 25.3 Å². The second kappa shape index (κ2) is 11.7. The van der Waals surface area contributed by atoms with E-state index in [4.69, 9.17) is 5.73 Å². The lowest BCUT2D eigenvalue weighted by molar-refractivity contribution is -0.117. The van der Waals surface area contributed by atoms with Crippen molar-refractivity contribution in [1.29, 1.82) is 0 Å². The highest BCUT2D eigenvalue weighted by Crippen LogP contribution is 2.21. The van der Waals surface area contributed by atoms with Crippen LogP contribution in [0.4, 0.5) is 11.4 Å². The molecule has 0 aliphatic carbocycles. The van der Waals surface area contributed by atoms with Gasteiger partial charge in [-0.3, -0.25) is 14.5 Å². The number of benzene rings is 1. The molecule has 0 saturated carbocycles. The summed E-state index contributed by atoms with van der Waals surface area (Å²) in [5, 5.41) is 5.92. The van der Waals surface area contributed by atoms with Crippen LogP contribution in [-0.2, 0) is 9.59 Å². The number of nitrogens with two attached hydrogens (primary N) is 1. The Morgan fingerprint density at radius 3 is 2.48 bits per heavy atom. The van der Waals surface area contributed by atoms with Crippen LogP contribution in [0.2, 0.25) is 0 Å². The number of likely N-dealkylation sites (tertiary alicyclic amines) is 1. The molecule has 1 aliphatic rings. The summed E-state index contributed by atoms with van der Waals surface area (Å²) in [6, 6.07) is 5.64. The number of unbranched alkanes of at least 4 members (excludes halogenated alkanes) is 3. The lowest BCUT2D eigenvalue weighted by Crippen LogP contribution is -2.36. The topological polar surface area (TPSA) is 87.5 Å². The molecular formula is C21H34N4O2. The smallest absolute Gasteiger partial charge is 0.238 e. The molecule has 1 aliphatic heterocycles. The maximum absolute atomic E-state index is 12.3. The average molecular weight is 375 g/mol. The molecule has 6 nitrogen and oxygen atoms in total. The molecule has 0 radical (unpaired) electrons. The fourth-order valence-corrected chi connectivity index (χ4v) is 3.35. The summed E-state index contributed by atoms with van der Waals surface area (Å²) in [7, 11) is 0. The number of anilines is 2. The van der Waals surface area contributed by atoms with Crippen molar-refractivity contribution >= 4 is 23.2 Å². The zero-order valence-corrected chi connectivity index (χ0v) is 16.6. The van der Waals surface area contributed by atoms with Gasteiger partial charge in [-0.2, -0.15) is 0 Å². The van der Waals surface area contributed by atoms with E-state index in [9.17, 15) is 9.59 Å². The molecule has 0 unspecified atom stereocenters. The van der Waals surface area contributed by atoms with Crippen molar-refractivity contribution in [3.63, 3.8) is 0 Å². The van der Waals surface area contributed by atoms with Gasteiger partial charge in [0, 0.05) is 17.8 Å². The van der Waals surface area contributed by atoms with E-state index >= 15 is 0 Å². The Balaban J connectivity index is 1.81. The van der Waals surface area contributed by atoms with E-state index in [-0.39, 0.29) is 11.8 Å². The largest absolute Gasteiger partial charge is 0.330 e. The molecule has 2 amide bonds. The molecule has 2 rings (SSSR count). The van der Waals surface area contributed by atoms with Crippen LogP contribution in [0.15, 0.2) is 18.2 Å². The number of carbonyl (C=O) groups is 2. The molecular weight excluding hydrogens is 340 g/mol. The summed E-state index contributed by atoms with van der Waals surface area (Å²) in [6.45, 7) is 5.09. The number of amides is 2. The van der Waals surface area contributed by atoms with E-state index in [0.29, 0.717) is 19.5 Å². The zero-order valence-electron chi connectivity index (χ0n) is 16.6. The molecule has 0 atom stereocenters. The van der Waals surface area contributed by atoms with Crippen molar-refractivity contribution in [1.82, 2.24) is 4.90 Å². The monoisotopic (exact) mass is 374 g/mol. The molecule has 0 bridgehead atoms. The van der Waals surface area contributed by atoms with Gasteiger partial charge in [0.15, 0.2) is 0 Å². The summed E-state index contributed by atoms with van der Waals surface area (Å²) in [5.74, 6) is 0.0144. The first-order valence-corrected chi connectivity index (χ1v) is 10.2. The van der Waals surface area contributed by atoms with Gasteiger partial charge < -0.3 is 16.4 Å². The van der Waals surface area contributed by atoms with Crippen LogP contribution < -0.4 is 16.4 Å². The fourth-order valence-electron chi connectivity index (χ4n) is 3.35. The molecule has 6 heteroatoms. The highest BCUT2D eigenvalue weighted by molar-refractivity contribution is 5.95. The highest BCUT2D eigenvalue weighted by atomic mass is 16.2. The van der Waals surface area contributed by atoms with E-state index in [2.05, 4.69) is 15.5 Å². The average Bonchev–Trinajstić information content (AvgIpc) is 2.65. The van der Waals surface area contributed by atoms with Gasteiger partial charge in [0.2, 0.25) is 11.8 Å². The number of rotatable bonds is 10. The van der Waals surface area contributed by atoms with Crippen molar-refractivity contribution < 1.29 is 9.59 Å². The number of hydrogen-bond acceptors (Lipinski definition) is 4. The predicted molar refractivity (Wildman–Crippen MR) is 111 cm³/mol. The molecule has 4 N–H and O–H groups in total. The second-order valence-electron chi connectivity index (χ2n) is 7.42. The Hall–Kier alpha value is -1.92. The Morgan fingerprint density at radius 2 is 1.74 bits per heavy atom. The van der Waals surface area contributed by atoms with Crippen LogP contribution >= 0.6 is 0 Å². The third-order valence-corrected chi connectivity index (χ3v) is 4.97. The van der Waals surface area contributed by atoms with Crippen LogP contribution in [-0.4, -0.2) is 42.9 Å². The first kappa shape index (κ1) is 21.4. The molecule has 0 spiro atoms. The van der Waals surface area contributed by atoms with Crippen molar-refractivity contribution in [2.45, 2.75) is 58.3 Å². The summed E-state index contributed by atoms with van der Waals surface area (Å²) in [5.41, 5.74) is 7.95. The minimum Gasteiger partial charge on any atom is -0.330 e. The SMILES string of the molecule is Cc1ccc(NC(=O)CCCCCCN)cc1NC(=O)CN1CCCCC1. The maximum Gasteiger partial charge on any atom is 0.238 e. The minimum atomic E-state index is 0.00313. The van der Waals surface area contributed by atoms with Crippen LogP contribution in [0.5, 0.6) is 0 Å². The number of piperidine rings is 1. The number of hydrogen-bond donors (Lipinski definition) is 3. The first-order valence-electron chi connectivity index (χ1n) is 10.2. The van der Waals surface area contributed by atoms with Crippen molar-refractivity contribution in [2.24, 2.45) is 5.73 Å². The quantitative estimate of drug-likeness (QED) is 0.549. The Morgan fingerprint density at radius 1 is 1.00 bits per heavy atom. The van der Waals surface area contributed by atoms with E-state index < -0.39 is 0 Å². The maximum atomic E-state index is 12.3. The van der Waals surface area contributed by atoms with Crippen LogP contribution in [0.1, 0.15) is 56.9 Å². The van der Waals surface area contributed by atoms with Gasteiger partial charge >= 0.3 is 0 Å². The van der Waals surface area contributed by atoms with Crippen molar-refractivity contribution in [2.75, 3.05) is 36.8 Å². The van der Waals surface area contributed by atoms with Crippen LogP contribution in [0.25, 0.3) is 0 Å². The predicted octanol–water partition coefficient (Wildman–Crippen LogP) is 3.27. The van der Waals surface area contributed by atoms with Crippen molar-refractivity contribution in [3.8, 4) is 0 Å². The molecule has 1 fully saturated rings. The third-order valence-electron chi connectivity index (χ3n) is 4.97. The normalized spacial score (nSPS) is 14.7. The van der Waals surface area contributed by atoms with Gasteiger partial charge in [0.1, 0.15) is 0 Å². The van der Waals surface area contributed by atoms with Crippen molar-refractivity contribution in [3.05, 3.63) is 23.8 Å². The molecule has 27 heavy (non-hydrogen) atoms. The summed E-state index contributed by atoms with van der Waals surface area (Å²) < 4.78 is 0. The van der Waals surface area contributed by atoms with Crippen LogP contribution in [0.3, 0.4) is 0 Å². The summed E-state index contributed by atoms with van der Waals surface area (Å²) in [6.07, 6.45) is 8.08. The Kier molecular flexibility index (Phi) is 9.28. The molecule has 1 aromatic rings. The molecule has 1 aromatic carbocycles. The van der Waals surface area contributed by atoms with Gasteiger partial charge in [0.25, 0.3) is 0 Å². The summed E-state index contributed by atoms with van der Waals surface area (Å²) >= 11 is 0. The van der Waals surface area contributed by atoms with Gasteiger partial charge in [0.05, 0.1) is 6.54 Å². The van der Waals surface area contributed by atoms with E-state index in [0.717, 1.165) is 55.7 Å². The number of aryl methyl sites for hydroxylation is 1. The van der Waals surface area contributed by atoms with E-state index in [1.807, 2.05) is 25.1 Å². The lowest BCUT2D eigenvalue weighted by atomic mass is 10.1. The fraction of sp³-hybridized carbons (Fsp3) is 0.619. The molecule has 150 valence electrons. The highest BCUT2D eigenvalue weighted by Gasteiger charge is 2.14. The van der Waals surface area contributed by atoms with E-state index in [1.165, 1.54) is 19.3 Å². The molecule has 1 heterocycles. The Labute approximate surface area is 162 Å². The molecule has 1 saturated heterocycles. The standard InChI is InChI=1S/C21H34N4O2/c1-17-10-11-18(23-20(26)9-5-2-3-6-12-22)15-19(17)24-21(27)16-25-13-7-4-8-14-25/h10-11,15H,2-9,12-14,16,22H2,1H3,(H,23,26)(H,24,27). The number of nitrogens with zero attached hydrogens (tertiary/aromatic N) is 1. The van der Waals surface area contributed by atoms with Gasteiger partial charge in [-0.05, 0) is 69.9 Å². The minimum absolute atomic E-state index is 0.00313. The van der Waals surface area contributed by atoms with E-state index in [1.54, 1.807) is 0 Å². The van der Waals surface area contributed by atoms with Gasteiger partial charge in [-0.25, -0.2) is 0 Å². The van der Waals surface area contributed by atoms with Crippen LogP contribution in [0, 0.1) is 6.92 Å².